The molecule has 1 aromatic carbocycles. The summed E-state index contributed by atoms with van der Waals surface area (Å²) < 4.78 is 1.77. The van der Waals surface area contributed by atoms with Gasteiger partial charge in [0.2, 0.25) is 0 Å². The molecule has 0 spiro atoms. The Hall–Kier alpha value is -2.10. The first-order chi connectivity index (χ1) is 9.13. The molecule has 0 unspecified atom stereocenters. The number of hydrogen-bond donors (Lipinski definition) is 1. The molecule has 0 radical (unpaired) electrons. The number of aryl methyl sites for hydroxylation is 1. The molecule has 1 fully saturated rings. The van der Waals surface area contributed by atoms with Crippen molar-refractivity contribution in [2.45, 2.75) is 31.6 Å². The molecule has 19 heavy (non-hydrogen) atoms. The Bertz CT molecular complexity index is 627. The molecule has 1 aliphatic carbocycles. The summed E-state index contributed by atoms with van der Waals surface area (Å²) in [6.45, 7) is 2.02. The lowest BCUT2D eigenvalue weighted by molar-refractivity contribution is -0.147. The number of benzene rings is 1. The van der Waals surface area contributed by atoms with Crippen LogP contribution >= 0.6 is 0 Å². The van der Waals surface area contributed by atoms with Crippen LogP contribution in [0.1, 0.15) is 30.5 Å². The van der Waals surface area contributed by atoms with Gasteiger partial charge in [-0.05, 0) is 37.5 Å². The Morgan fingerprint density at radius 1 is 1.32 bits per heavy atom. The van der Waals surface area contributed by atoms with Crippen molar-refractivity contribution in [3.05, 3.63) is 47.8 Å². The van der Waals surface area contributed by atoms with Crippen LogP contribution in [0.2, 0.25) is 0 Å². The summed E-state index contributed by atoms with van der Waals surface area (Å²) in [4.78, 5) is 11.5. The van der Waals surface area contributed by atoms with E-state index in [1.807, 2.05) is 43.5 Å². The maximum Gasteiger partial charge on any atom is 0.315 e. The summed E-state index contributed by atoms with van der Waals surface area (Å²) in [5.74, 6) is -0.756. The first kappa shape index (κ1) is 12.0. The molecule has 0 saturated heterocycles. The van der Waals surface area contributed by atoms with E-state index in [0.29, 0.717) is 18.5 Å². The van der Waals surface area contributed by atoms with Gasteiger partial charge in [0.05, 0.1) is 11.4 Å². The smallest absolute Gasteiger partial charge is 0.315 e. The van der Waals surface area contributed by atoms with Gasteiger partial charge < -0.3 is 5.11 Å². The highest BCUT2D eigenvalue weighted by atomic mass is 16.4. The van der Waals surface area contributed by atoms with Crippen molar-refractivity contribution in [3.63, 3.8) is 0 Å². The molecule has 98 valence electrons. The molecule has 1 heterocycles. The average molecular weight is 256 g/mol. The molecule has 0 amide bonds. The highest BCUT2D eigenvalue weighted by molar-refractivity contribution is 5.81. The molecule has 0 atom stereocenters. The number of carboxylic acid groups (broad SMARTS) is 1. The van der Waals surface area contributed by atoms with Crippen molar-refractivity contribution >= 4 is 5.97 Å². The van der Waals surface area contributed by atoms with Gasteiger partial charge in [-0.2, -0.15) is 5.10 Å². The third kappa shape index (κ3) is 1.75. The molecule has 0 bridgehead atoms. The fraction of sp³-hybridized carbons (Fsp3) is 0.333. The third-order valence-corrected chi connectivity index (χ3v) is 4.06. The van der Waals surface area contributed by atoms with Crippen molar-refractivity contribution in [2.24, 2.45) is 0 Å². The maximum atomic E-state index is 11.5. The number of carbonyl (C=O) groups is 1. The van der Waals surface area contributed by atoms with Crippen molar-refractivity contribution in [1.29, 1.82) is 0 Å². The van der Waals surface area contributed by atoms with E-state index in [-0.39, 0.29) is 0 Å². The summed E-state index contributed by atoms with van der Waals surface area (Å²) in [6.07, 6.45) is 4.18. The van der Waals surface area contributed by atoms with Crippen LogP contribution < -0.4 is 0 Å². The van der Waals surface area contributed by atoms with Gasteiger partial charge in [0.1, 0.15) is 5.41 Å². The number of aromatic nitrogens is 2. The third-order valence-electron chi connectivity index (χ3n) is 4.06. The monoisotopic (exact) mass is 256 g/mol. The van der Waals surface area contributed by atoms with E-state index in [1.165, 1.54) is 0 Å². The van der Waals surface area contributed by atoms with Crippen molar-refractivity contribution in [2.75, 3.05) is 0 Å². The van der Waals surface area contributed by atoms with E-state index in [9.17, 15) is 9.90 Å². The maximum absolute atomic E-state index is 11.5. The lowest BCUT2D eigenvalue weighted by Crippen LogP contribution is -2.42. The van der Waals surface area contributed by atoms with Gasteiger partial charge in [-0.15, -0.1) is 0 Å². The zero-order valence-electron chi connectivity index (χ0n) is 10.8. The largest absolute Gasteiger partial charge is 0.481 e. The molecule has 1 N–H and O–H groups in total. The number of aliphatic carboxylic acids is 1. The SMILES string of the molecule is Cc1ccccc1-n1ccc(C2(C(=O)O)CCC2)n1. The molecule has 1 aliphatic rings. The van der Waals surface area contributed by atoms with E-state index in [0.717, 1.165) is 17.7 Å². The fourth-order valence-electron chi connectivity index (χ4n) is 2.64. The fourth-order valence-corrected chi connectivity index (χ4v) is 2.64. The van der Waals surface area contributed by atoms with Crippen LogP contribution in [0, 0.1) is 6.92 Å². The molecule has 3 rings (SSSR count). The zero-order chi connectivity index (χ0) is 13.5. The van der Waals surface area contributed by atoms with Crippen LogP contribution in [-0.2, 0) is 10.2 Å². The van der Waals surface area contributed by atoms with Crippen LogP contribution in [0.3, 0.4) is 0 Å². The molecule has 1 aromatic heterocycles. The first-order valence-electron chi connectivity index (χ1n) is 6.49. The van der Waals surface area contributed by atoms with Gasteiger partial charge in [0.25, 0.3) is 0 Å². The first-order valence-corrected chi connectivity index (χ1v) is 6.49. The molecule has 1 saturated carbocycles. The summed E-state index contributed by atoms with van der Waals surface area (Å²) in [7, 11) is 0. The number of nitrogens with zero attached hydrogens (tertiary/aromatic N) is 2. The summed E-state index contributed by atoms with van der Waals surface area (Å²) in [5, 5.41) is 13.9. The highest BCUT2D eigenvalue weighted by Gasteiger charge is 2.47. The summed E-state index contributed by atoms with van der Waals surface area (Å²) in [5.41, 5.74) is 2.03. The summed E-state index contributed by atoms with van der Waals surface area (Å²) >= 11 is 0. The number of para-hydroxylation sites is 1. The van der Waals surface area contributed by atoms with E-state index in [1.54, 1.807) is 4.68 Å². The van der Waals surface area contributed by atoms with E-state index >= 15 is 0 Å². The van der Waals surface area contributed by atoms with Crippen molar-refractivity contribution < 1.29 is 9.90 Å². The molecule has 4 heteroatoms. The number of carboxylic acids is 1. The van der Waals surface area contributed by atoms with Gasteiger partial charge in [0.15, 0.2) is 0 Å². The second-order valence-corrected chi connectivity index (χ2v) is 5.17. The van der Waals surface area contributed by atoms with Gasteiger partial charge in [-0.3, -0.25) is 4.79 Å². The van der Waals surface area contributed by atoms with Crippen molar-refractivity contribution in [1.82, 2.24) is 9.78 Å². The van der Waals surface area contributed by atoms with Gasteiger partial charge >= 0.3 is 5.97 Å². The van der Waals surface area contributed by atoms with E-state index in [4.69, 9.17) is 0 Å². The minimum absolute atomic E-state index is 0.675. The minimum atomic E-state index is -0.756. The molecule has 4 nitrogen and oxygen atoms in total. The topological polar surface area (TPSA) is 55.1 Å². The zero-order valence-corrected chi connectivity index (χ0v) is 10.8. The molecular formula is C15H16N2O2. The second kappa shape index (κ2) is 4.23. The van der Waals surface area contributed by atoms with Crippen molar-refractivity contribution in [3.8, 4) is 5.69 Å². The van der Waals surface area contributed by atoms with Gasteiger partial charge in [0, 0.05) is 6.20 Å². The number of rotatable bonds is 3. The molecular weight excluding hydrogens is 240 g/mol. The van der Waals surface area contributed by atoms with E-state index in [2.05, 4.69) is 5.10 Å². The lowest BCUT2D eigenvalue weighted by atomic mass is 9.67. The highest BCUT2D eigenvalue weighted by Crippen LogP contribution is 2.43. The van der Waals surface area contributed by atoms with Crippen LogP contribution in [-0.4, -0.2) is 20.9 Å². The standard InChI is InChI=1S/C15H16N2O2/c1-11-5-2-3-6-12(11)17-10-7-13(16-17)15(14(18)19)8-4-9-15/h2-3,5-7,10H,4,8-9H2,1H3,(H,18,19). The Kier molecular flexibility index (Phi) is 2.66. The Labute approximate surface area is 111 Å². The second-order valence-electron chi connectivity index (χ2n) is 5.17. The normalized spacial score (nSPS) is 16.9. The lowest BCUT2D eigenvalue weighted by Gasteiger charge is -2.35. The Morgan fingerprint density at radius 2 is 2.05 bits per heavy atom. The summed E-state index contributed by atoms with van der Waals surface area (Å²) in [6, 6.07) is 9.78. The number of hydrogen-bond acceptors (Lipinski definition) is 2. The van der Waals surface area contributed by atoms with Crippen LogP contribution in [0.15, 0.2) is 36.5 Å². The van der Waals surface area contributed by atoms with Crippen LogP contribution in [0.25, 0.3) is 5.69 Å². The molecule has 2 aromatic rings. The van der Waals surface area contributed by atoms with Gasteiger partial charge in [-0.1, -0.05) is 24.6 Å². The van der Waals surface area contributed by atoms with Crippen LogP contribution in [0.5, 0.6) is 0 Å². The van der Waals surface area contributed by atoms with Gasteiger partial charge in [-0.25, -0.2) is 4.68 Å². The van der Waals surface area contributed by atoms with Crippen LogP contribution in [0.4, 0.5) is 0 Å². The Morgan fingerprint density at radius 3 is 2.63 bits per heavy atom. The Balaban J connectivity index is 2.01. The van der Waals surface area contributed by atoms with E-state index < -0.39 is 11.4 Å². The predicted molar refractivity (Wildman–Crippen MR) is 71.5 cm³/mol. The quantitative estimate of drug-likeness (QED) is 0.918. The average Bonchev–Trinajstić information content (AvgIpc) is 2.77. The molecule has 0 aliphatic heterocycles. The predicted octanol–water partition coefficient (Wildman–Crippen LogP) is 2.69. The minimum Gasteiger partial charge on any atom is -0.481 e.